The molecule has 0 bridgehead atoms. The largest absolute Gasteiger partial charge is 0.310 e. The average molecular weight is 876 g/mol. The van der Waals surface area contributed by atoms with E-state index in [1.165, 1.54) is 109 Å². The van der Waals surface area contributed by atoms with Crippen LogP contribution in [-0.2, 0) is 0 Å². The van der Waals surface area contributed by atoms with Crippen LogP contribution in [0.2, 0.25) is 0 Å². The van der Waals surface area contributed by atoms with Crippen LogP contribution >= 0.6 is 0 Å². The Morgan fingerprint density at radius 1 is 0.232 bits per heavy atom. The minimum Gasteiger partial charge on any atom is -0.310 e. The van der Waals surface area contributed by atoms with Crippen molar-refractivity contribution in [3.8, 4) is 33.4 Å². The SMILES string of the molecule is C(=C\c1ccc(-c2c3ccccc3c(-c3ccc(N(c4ccccc4)c4ccc5ccccc5c4)cc3)c3ccccc23)c2ccccc12)/c1ccc(-c2cccc3ccccc23)c2ccccc12. The highest BCUT2D eigenvalue weighted by molar-refractivity contribution is 6.24. The topological polar surface area (TPSA) is 3.24 Å². The normalized spacial score (nSPS) is 11.7. The Labute approximate surface area is 402 Å². The minimum atomic E-state index is 1.11. The zero-order valence-corrected chi connectivity index (χ0v) is 37.9. The lowest BCUT2D eigenvalue weighted by Crippen LogP contribution is -2.09. The Bertz CT molecular complexity index is 4060. The van der Waals surface area contributed by atoms with Gasteiger partial charge in [-0.3, -0.25) is 0 Å². The van der Waals surface area contributed by atoms with Crippen LogP contribution in [0.5, 0.6) is 0 Å². The molecule has 1 heteroatoms. The van der Waals surface area contributed by atoms with Gasteiger partial charge in [-0.1, -0.05) is 237 Å². The van der Waals surface area contributed by atoms with Gasteiger partial charge in [-0.25, -0.2) is 0 Å². The number of rotatable bonds is 8. The van der Waals surface area contributed by atoms with Gasteiger partial charge in [0, 0.05) is 17.1 Å². The molecule has 69 heavy (non-hydrogen) atoms. The molecular formula is C68H45N. The summed E-state index contributed by atoms with van der Waals surface area (Å²) in [6.07, 6.45) is 4.59. The Kier molecular flexibility index (Phi) is 9.91. The first-order valence-corrected chi connectivity index (χ1v) is 23.8. The summed E-state index contributed by atoms with van der Waals surface area (Å²) in [6, 6.07) is 95.3. The smallest absolute Gasteiger partial charge is 0.0468 e. The number of nitrogens with zero attached hydrogens (tertiary/aromatic N) is 1. The average Bonchev–Trinajstić information content (AvgIpc) is 3.42. The molecule has 0 amide bonds. The van der Waals surface area contributed by atoms with Crippen molar-refractivity contribution < 1.29 is 0 Å². The molecule has 1 nitrogen and oxygen atoms in total. The summed E-state index contributed by atoms with van der Waals surface area (Å²) in [5.74, 6) is 0. The molecule has 0 spiro atoms. The fraction of sp³-hybridized carbons (Fsp3) is 0. The Morgan fingerprint density at radius 3 is 1.30 bits per heavy atom. The molecule has 0 N–H and O–H groups in total. The molecule has 0 aliphatic carbocycles. The molecule has 0 fully saturated rings. The maximum absolute atomic E-state index is 2.35. The zero-order chi connectivity index (χ0) is 45.7. The second-order valence-corrected chi connectivity index (χ2v) is 17.9. The number of fused-ring (bicyclic) bond motifs is 6. The summed E-state index contributed by atoms with van der Waals surface area (Å²) >= 11 is 0. The molecule has 0 aliphatic heterocycles. The van der Waals surface area contributed by atoms with Crippen molar-refractivity contribution in [1.29, 1.82) is 0 Å². The first-order valence-electron chi connectivity index (χ1n) is 23.8. The van der Waals surface area contributed by atoms with Crippen LogP contribution < -0.4 is 4.90 Å². The van der Waals surface area contributed by atoms with Gasteiger partial charge in [-0.15, -0.1) is 0 Å². The van der Waals surface area contributed by atoms with E-state index in [0.29, 0.717) is 0 Å². The van der Waals surface area contributed by atoms with Gasteiger partial charge in [0.05, 0.1) is 0 Å². The molecule has 0 saturated carbocycles. The molecule has 0 aromatic heterocycles. The van der Waals surface area contributed by atoms with Crippen molar-refractivity contribution in [2.24, 2.45) is 0 Å². The molecule has 322 valence electrons. The molecule has 0 heterocycles. The summed E-state index contributed by atoms with van der Waals surface area (Å²) in [7, 11) is 0. The van der Waals surface area contributed by atoms with E-state index in [-0.39, 0.29) is 0 Å². The van der Waals surface area contributed by atoms with E-state index >= 15 is 0 Å². The molecule has 0 unspecified atom stereocenters. The highest BCUT2D eigenvalue weighted by Crippen LogP contribution is 2.47. The summed E-state index contributed by atoms with van der Waals surface area (Å²) in [5.41, 5.74) is 13.2. The molecule has 13 rings (SSSR count). The van der Waals surface area contributed by atoms with Crippen LogP contribution in [0.4, 0.5) is 17.1 Å². The Hall–Kier alpha value is -9.04. The number of anilines is 3. The molecule has 0 saturated heterocycles. The van der Waals surface area contributed by atoms with Crippen LogP contribution in [0.3, 0.4) is 0 Å². The number of hydrogen-bond acceptors (Lipinski definition) is 1. The van der Waals surface area contributed by atoms with Crippen LogP contribution in [0.25, 0.3) is 110 Å². The van der Waals surface area contributed by atoms with Gasteiger partial charge < -0.3 is 4.90 Å². The molecule has 0 atom stereocenters. The number of hydrogen-bond donors (Lipinski definition) is 0. The van der Waals surface area contributed by atoms with E-state index < -0.39 is 0 Å². The van der Waals surface area contributed by atoms with Crippen molar-refractivity contribution in [2.75, 3.05) is 4.90 Å². The van der Waals surface area contributed by atoms with Crippen molar-refractivity contribution in [3.05, 3.63) is 272 Å². The lowest BCUT2D eigenvalue weighted by atomic mass is 9.84. The van der Waals surface area contributed by atoms with E-state index in [9.17, 15) is 0 Å². The lowest BCUT2D eigenvalue weighted by molar-refractivity contribution is 1.29. The molecule has 13 aromatic rings. The van der Waals surface area contributed by atoms with Gasteiger partial charge in [0.25, 0.3) is 0 Å². The summed E-state index contributed by atoms with van der Waals surface area (Å²) in [6.45, 7) is 0. The maximum Gasteiger partial charge on any atom is 0.0468 e. The lowest BCUT2D eigenvalue weighted by Gasteiger charge is -2.26. The predicted molar refractivity (Wildman–Crippen MR) is 298 cm³/mol. The second-order valence-electron chi connectivity index (χ2n) is 17.9. The fourth-order valence-electron chi connectivity index (χ4n) is 10.9. The first kappa shape index (κ1) is 40.3. The van der Waals surface area contributed by atoms with Gasteiger partial charge in [0.1, 0.15) is 0 Å². The number of benzene rings is 13. The standard InChI is InChI=1S/C68H45N/c1-2-21-52(22-3-1)69(54-42-35-46-17-4-5-19-51(46)45-54)53-40-36-50(37-41-53)67-62-28-12-14-30-64(62)68(65-31-15-13-29-63(65)67)66-44-39-49(57-25-9-11-27-60(57)66)34-33-48-38-43-61(58-26-10-8-24-56(48)58)59-32-16-20-47-18-6-7-23-55(47)59/h1-45H/b34-33+. The van der Waals surface area contributed by atoms with E-state index in [1.807, 2.05) is 0 Å². The summed E-state index contributed by atoms with van der Waals surface area (Å²) in [5, 5.41) is 14.9. The predicted octanol–water partition coefficient (Wildman–Crippen LogP) is 19.2. The van der Waals surface area contributed by atoms with Crippen molar-refractivity contribution in [1.82, 2.24) is 0 Å². The van der Waals surface area contributed by atoms with E-state index in [0.717, 1.165) is 17.1 Å². The van der Waals surface area contributed by atoms with Gasteiger partial charge in [-0.05, 0) is 146 Å². The highest BCUT2D eigenvalue weighted by Gasteiger charge is 2.20. The Morgan fingerprint density at radius 2 is 0.667 bits per heavy atom. The highest BCUT2D eigenvalue weighted by atomic mass is 15.1. The van der Waals surface area contributed by atoms with Gasteiger partial charge >= 0.3 is 0 Å². The zero-order valence-electron chi connectivity index (χ0n) is 37.9. The Balaban J connectivity index is 0.911. The van der Waals surface area contributed by atoms with Gasteiger partial charge in [-0.2, -0.15) is 0 Å². The third kappa shape index (κ3) is 7.03. The van der Waals surface area contributed by atoms with Crippen molar-refractivity contribution >= 4 is 93.8 Å². The van der Waals surface area contributed by atoms with Crippen molar-refractivity contribution in [3.63, 3.8) is 0 Å². The van der Waals surface area contributed by atoms with Gasteiger partial charge in [0.2, 0.25) is 0 Å². The van der Waals surface area contributed by atoms with E-state index in [1.54, 1.807) is 0 Å². The third-order valence-corrected chi connectivity index (χ3v) is 14.1. The molecule has 0 aliphatic rings. The monoisotopic (exact) mass is 875 g/mol. The van der Waals surface area contributed by atoms with Crippen molar-refractivity contribution in [2.45, 2.75) is 0 Å². The van der Waals surface area contributed by atoms with Crippen LogP contribution in [0.15, 0.2) is 261 Å². The van der Waals surface area contributed by atoms with E-state index in [4.69, 9.17) is 0 Å². The molecule has 13 aromatic carbocycles. The second kappa shape index (κ2) is 17.0. The maximum atomic E-state index is 2.35. The minimum absolute atomic E-state index is 1.11. The molecule has 0 radical (unpaired) electrons. The fourth-order valence-corrected chi connectivity index (χ4v) is 10.9. The number of para-hydroxylation sites is 1. The van der Waals surface area contributed by atoms with Crippen LogP contribution in [0.1, 0.15) is 11.1 Å². The third-order valence-electron chi connectivity index (χ3n) is 14.1. The quantitative estimate of drug-likeness (QED) is 0.109. The van der Waals surface area contributed by atoms with Crippen LogP contribution in [0, 0.1) is 0 Å². The summed E-state index contributed by atoms with van der Waals surface area (Å²) < 4.78 is 0. The van der Waals surface area contributed by atoms with Gasteiger partial charge in [0.15, 0.2) is 0 Å². The van der Waals surface area contributed by atoms with E-state index in [2.05, 4.69) is 278 Å². The molecular weight excluding hydrogens is 831 g/mol. The summed E-state index contributed by atoms with van der Waals surface area (Å²) in [4.78, 5) is 2.35. The van der Waals surface area contributed by atoms with Crippen LogP contribution in [-0.4, -0.2) is 0 Å². The first-order chi connectivity index (χ1) is 34.2.